The number of nitrogens with one attached hydrogen (secondary N) is 1. The lowest BCUT2D eigenvalue weighted by atomic mass is 10.1. The van der Waals surface area contributed by atoms with Crippen LogP contribution in [0.3, 0.4) is 0 Å². The van der Waals surface area contributed by atoms with Crippen LogP contribution >= 0.6 is 11.8 Å². The van der Waals surface area contributed by atoms with E-state index in [1.807, 2.05) is 23.9 Å². The van der Waals surface area contributed by atoms with Gasteiger partial charge in [-0.2, -0.15) is 11.8 Å². The van der Waals surface area contributed by atoms with Gasteiger partial charge >= 0.3 is 0 Å². The van der Waals surface area contributed by atoms with Crippen LogP contribution in [-0.2, 0) is 0 Å². The van der Waals surface area contributed by atoms with Crippen LogP contribution in [0.2, 0.25) is 0 Å². The Morgan fingerprint density at radius 2 is 2.19 bits per heavy atom. The standard InChI is InChI=1S/C17H21NO2S/c1-17(10-4-12-21-17)13-18-16(20)15-8-6-14(7-9-15)5-2-3-11-19/h6-9,19H,3-4,10-13H2,1H3,(H,18,20). The van der Waals surface area contributed by atoms with Crippen LogP contribution in [0.5, 0.6) is 0 Å². The third-order valence-electron chi connectivity index (χ3n) is 3.54. The molecular weight excluding hydrogens is 282 g/mol. The molecular formula is C17H21NO2S. The van der Waals surface area contributed by atoms with E-state index in [-0.39, 0.29) is 17.3 Å². The lowest BCUT2D eigenvalue weighted by Crippen LogP contribution is -2.36. The van der Waals surface area contributed by atoms with Crippen LogP contribution in [0.25, 0.3) is 0 Å². The molecule has 0 spiro atoms. The number of carbonyl (C=O) groups is 1. The Hall–Kier alpha value is -1.44. The molecule has 1 amide bonds. The second-order valence-corrected chi connectivity index (χ2v) is 7.12. The molecule has 1 fully saturated rings. The molecule has 4 heteroatoms. The number of carbonyl (C=O) groups excluding carboxylic acids is 1. The first-order valence-electron chi connectivity index (χ1n) is 7.25. The Balaban J connectivity index is 1.89. The summed E-state index contributed by atoms with van der Waals surface area (Å²) in [5.41, 5.74) is 1.52. The summed E-state index contributed by atoms with van der Waals surface area (Å²) in [6.07, 6.45) is 2.87. The lowest BCUT2D eigenvalue weighted by molar-refractivity contribution is 0.0950. The molecule has 1 aromatic carbocycles. The molecule has 0 radical (unpaired) electrons. The van der Waals surface area contributed by atoms with Gasteiger partial charge in [-0.3, -0.25) is 4.79 Å². The summed E-state index contributed by atoms with van der Waals surface area (Å²) in [5.74, 6) is 6.97. The second-order valence-electron chi connectivity index (χ2n) is 5.44. The highest BCUT2D eigenvalue weighted by molar-refractivity contribution is 8.00. The van der Waals surface area contributed by atoms with E-state index in [1.54, 1.807) is 12.1 Å². The van der Waals surface area contributed by atoms with Gasteiger partial charge in [0.2, 0.25) is 0 Å². The molecule has 1 aliphatic rings. The van der Waals surface area contributed by atoms with Gasteiger partial charge in [0.25, 0.3) is 5.91 Å². The van der Waals surface area contributed by atoms with Gasteiger partial charge in [0.05, 0.1) is 6.61 Å². The highest BCUT2D eigenvalue weighted by Gasteiger charge is 2.29. The van der Waals surface area contributed by atoms with Crippen LogP contribution in [0.4, 0.5) is 0 Å². The number of hydrogen-bond donors (Lipinski definition) is 2. The predicted molar refractivity (Wildman–Crippen MR) is 87.5 cm³/mol. The number of rotatable bonds is 4. The Morgan fingerprint density at radius 3 is 2.81 bits per heavy atom. The van der Waals surface area contributed by atoms with Crippen molar-refractivity contribution >= 4 is 17.7 Å². The molecule has 1 heterocycles. The number of hydrogen-bond acceptors (Lipinski definition) is 3. The van der Waals surface area contributed by atoms with E-state index in [9.17, 15) is 4.79 Å². The van der Waals surface area contributed by atoms with Crippen molar-refractivity contribution in [2.24, 2.45) is 0 Å². The van der Waals surface area contributed by atoms with Crippen LogP contribution in [0, 0.1) is 11.8 Å². The molecule has 2 rings (SSSR count). The molecule has 21 heavy (non-hydrogen) atoms. The third kappa shape index (κ3) is 4.80. The summed E-state index contributed by atoms with van der Waals surface area (Å²) >= 11 is 1.94. The summed E-state index contributed by atoms with van der Waals surface area (Å²) in [6, 6.07) is 7.27. The van der Waals surface area contributed by atoms with Gasteiger partial charge in [-0.25, -0.2) is 0 Å². The molecule has 1 unspecified atom stereocenters. The van der Waals surface area contributed by atoms with Crippen molar-refractivity contribution in [2.75, 3.05) is 18.9 Å². The maximum atomic E-state index is 12.1. The SMILES string of the molecule is CC1(CNC(=O)c2ccc(C#CCCO)cc2)CCCS1. The van der Waals surface area contributed by atoms with Crippen LogP contribution < -0.4 is 5.32 Å². The maximum absolute atomic E-state index is 12.1. The van der Waals surface area contributed by atoms with Gasteiger partial charge in [0.1, 0.15) is 0 Å². The largest absolute Gasteiger partial charge is 0.395 e. The molecule has 2 N–H and O–H groups in total. The monoisotopic (exact) mass is 303 g/mol. The fourth-order valence-corrected chi connectivity index (χ4v) is 3.52. The van der Waals surface area contributed by atoms with Crippen molar-refractivity contribution in [3.05, 3.63) is 35.4 Å². The smallest absolute Gasteiger partial charge is 0.251 e. The lowest BCUT2D eigenvalue weighted by Gasteiger charge is -2.22. The summed E-state index contributed by atoms with van der Waals surface area (Å²) in [6.45, 7) is 3.00. The Kier molecular flexibility index (Phi) is 5.72. The van der Waals surface area contributed by atoms with Crippen LogP contribution in [0.1, 0.15) is 42.1 Å². The van der Waals surface area contributed by atoms with E-state index in [2.05, 4.69) is 24.1 Å². The first-order chi connectivity index (χ1) is 10.1. The first kappa shape index (κ1) is 15.9. The Bertz CT molecular complexity index is 536. The summed E-state index contributed by atoms with van der Waals surface area (Å²) in [4.78, 5) is 12.1. The molecule has 1 atom stereocenters. The molecule has 0 bridgehead atoms. The molecule has 0 aliphatic carbocycles. The Morgan fingerprint density at radius 1 is 1.43 bits per heavy atom. The molecule has 0 saturated carbocycles. The highest BCUT2D eigenvalue weighted by Crippen LogP contribution is 2.36. The summed E-state index contributed by atoms with van der Waals surface area (Å²) < 4.78 is 0.186. The van der Waals surface area contributed by atoms with Crippen molar-refractivity contribution in [1.82, 2.24) is 5.32 Å². The van der Waals surface area contributed by atoms with Crippen LogP contribution in [-0.4, -0.2) is 34.7 Å². The van der Waals surface area contributed by atoms with E-state index >= 15 is 0 Å². The van der Waals surface area contributed by atoms with Crippen molar-refractivity contribution in [1.29, 1.82) is 0 Å². The van der Waals surface area contributed by atoms with Crippen LogP contribution in [0.15, 0.2) is 24.3 Å². The maximum Gasteiger partial charge on any atom is 0.251 e. The predicted octanol–water partition coefficient (Wildman–Crippen LogP) is 2.44. The molecule has 3 nitrogen and oxygen atoms in total. The van der Waals surface area contributed by atoms with Gasteiger partial charge in [-0.05, 0) is 49.8 Å². The number of amides is 1. The van der Waals surface area contributed by atoms with E-state index < -0.39 is 0 Å². The molecule has 1 saturated heterocycles. The molecule has 1 aromatic rings. The number of aliphatic hydroxyl groups excluding tert-OH is 1. The van der Waals surface area contributed by atoms with E-state index in [1.165, 1.54) is 12.2 Å². The number of thioether (sulfide) groups is 1. The second kappa shape index (κ2) is 7.53. The fourth-order valence-electron chi connectivity index (χ4n) is 2.27. The minimum absolute atomic E-state index is 0.0291. The minimum Gasteiger partial charge on any atom is -0.395 e. The van der Waals surface area contributed by atoms with Crippen molar-refractivity contribution in [2.45, 2.75) is 30.9 Å². The van der Waals surface area contributed by atoms with Crippen molar-refractivity contribution in [3.63, 3.8) is 0 Å². The Labute approximate surface area is 130 Å². The minimum atomic E-state index is -0.0291. The van der Waals surface area contributed by atoms with Gasteiger partial charge < -0.3 is 10.4 Å². The van der Waals surface area contributed by atoms with Gasteiger partial charge in [-0.1, -0.05) is 11.8 Å². The topological polar surface area (TPSA) is 49.3 Å². The number of benzene rings is 1. The average Bonchev–Trinajstić information content (AvgIpc) is 2.93. The summed E-state index contributed by atoms with van der Waals surface area (Å²) in [5, 5.41) is 11.7. The van der Waals surface area contributed by atoms with E-state index in [0.29, 0.717) is 18.5 Å². The highest BCUT2D eigenvalue weighted by atomic mass is 32.2. The molecule has 0 aromatic heterocycles. The summed E-state index contributed by atoms with van der Waals surface area (Å²) in [7, 11) is 0. The fraction of sp³-hybridized carbons (Fsp3) is 0.471. The zero-order valence-electron chi connectivity index (χ0n) is 12.3. The van der Waals surface area contributed by atoms with E-state index in [0.717, 1.165) is 12.0 Å². The third-order valence-corrected chi connectivity index (χ3v) is 5.08. The molecule has 112 valence electrons. The quantitative estimate of drug-likeness (QED) is 0.840. The van der Waals surface area contributed by atoms with Crippen molar-refractivity contribution < 1.29 is 9.90 Å². The van der Waals surface area contributed by atoms with Gasteiger partial charge in [0.15, 0.2) is 0 Å². The zero-order valence-corrected chi connectivity index (χ0v) is 13.1. The number of aliphatic hydroxyl groups is 1. The normalized spacial score (nSPS) is 20.7. The van der Waals surface area contributed by atoms with Crippen molar-refractivity contribution in [3.8, 4) is 11.8 Å². The van der Waals surface area contributed by atoms with E-state index in [4.69, 9.17) is 5.11 Å². The zero-order chi connectivity index (χ0) is 15.1. The molecule has 1 aliphatic heterocycles. The average molecular weight is 303 g/mol. The van der Waals surface area contributed by atoms with Gasteiger partial charge in [-0.15, -0.1) is 0 Å². The first-order valence-corrected chi connectivity index (χ1v) is 8.23. The van der Waals surface area contributed by atoms with Gasteiger partial charge in [0, 0.05) is 28.8 Å².